The molecule has 188 valence electrons. The fourth-order valence-electron chi connectivity index (χ4n) is 4.59. The number of halogens is 3. The molecule has 7 nitrogen and oxygen atoms in total. The van der Waals surface area contributed by atoms with E-state index in [9.17, 15) is 8.78 Å². The lowest BCUT2D eigenvalue weighted by atomic mass is 10.1. The second kappa shape index (κ2) is 10.0. The molecule has 1 saturated heterocycles. The summed E-state index contributed by atoms with van der Waals surface area (Å²) in [6.45, 7) is 6.37. The van der Waals surface area contributed by atoms with Gasteiger partial charge in [-0.05, 0) is 43.7 Å². The Morgan fingerprint density at radius 3 is 2.69 bits per heavy atom. The summed E-state index contributed by atoms with van der Waals surface area (Å²) >= 11 is 5.90. The van der Waals surface area contributed by atoms with Crippen molar-refractivity contribution in [2.24, 2.45) is 0 Å². The van der Waals surface area contributed by atoms with E-state index >= 15 is 0 Å². The van der Waals surface area contributed by atoms with Crippen LogP contribution in [0.4, 0.5) is 14.6 Å². The van der Waals surface area contributed by atoms with Crippen LogP contribution in [0, 0.1) is 11.6 Å². The van der Waals surface area contributed by atoms with Crippen molar-refractivity contribution < 1.29 is 18.3 Å². The lowest BCUT2D eigenvalue weighted by molar-refractivity contribution is -0.0703. The minimum absolute atomic E-state index is 0.0120. The zero-order chi connectivity index (χ0) is 25.4. The number of benzene rings is 2. The van der Waals surface area contributed by atoms with Gasteiger partial charge in [0.15, 0.2) is 5.82 Å². The van der Waals surface area contributed by atoms with Crippen LogP contribution >= 0.6 is 11.6 Å². The van der Waals surface area contributed by atoms with Crippen LogP contribution in [0.25, 0.3) is 22.2 Å². The summed E-state index contributed by atoms with van der Waals surface area (Å²) in [7, 11) is 0. The minimum atomic E-state index is -0.735. The number of fused-ring (bicyclic) bond motifs is 1. The Morgan fingerprint density at radius 2 is 1.92 bits per heavy atom. The summed E-state index contributed by atoms with van der Waals surface area (Å²) < 4.78 is 39.3. The molecular weight excluding hydrogens is 488 g/mol. The number of anilines is 1. The predicted octanol–water partition coefficient (Wildman–Crippen LogP) is 5.33. The van der Waals surface area contributed by atoms with Crippen LogP contribution in [0.2, 0.25) is 5.02 Å². The molecule has 0 spiro atoms. The number of nitrogens with zero attached hydrogens (tertiary/aromatic N) is 3. The van der Waals surface area contributed by atoms with Crippen molar-refractivity contribution in [3.8, 4) is 17.1 Å². The van der Waals surface area contributed by atoms with E-state index in [1.165, 1.54) is 5.56 Å². The molecule has 0 unspecified atom stereocenters. The number of aromatic amines is 1. The number of ether oxygens (including phenoxy) is 2. The smallest absolute Gasteiger partial charge is 0.258 e. The molecule has 1 fully saturated rings. The molecule has 0 aliphatic carbocycles. The first-order valence-electron chi connectivity index (χ1n) is 11.6. The number of rotatable bonds is 6. The molecular formula is C26H26ClF2N5O2. The van der Waals surface area contributed by atoms with Crippen LogP contribution in [0.15, 0.2) is 42.7 Å². The highest BCUT2D eigenvalue weighted by Gasteiger charge is 2.23. The molecule has 2 atom stereocenters. The van der Waals surface area contributed by atoms with E-state index < -0.39 is 11.6 Å². The second-order valence-electron chi connectivity index (χ2n) is 9.08. The summed E-state index contributed by atoms with van der Waals surface area (Å²) in [5, 5.41) is 0.737. The van der Waals surface area contributed by atoms with Crippen molar-refractivity contribution in [3.63, 3.8) is 0 Å². The van der Waals surface area contributed by atoms with Crippen molar-refractivity contribution in [3.05, 3.63) is 70.5 Å². The van der Waals surface area contributed by atoms with Gasteiger partial charge in [0, 0.05) is 47.9 Å². The van der Waals surface area contributed by atoms with Gasteiger partial charge < -0.3 is 20.2 Å². The molecule has 2 aromatic carbocycles. The Labute approximate surface area is 212 Å². The Bertz CT molecular complexity index is 1400. The van der Waals surface area contributed by atoms with E-state index in [1.54, 1.807) is 6.20 Å². The lowest BCUT2D eigenvalue weighted by Gasteiger charge is -2.35. The maximum Gasteiger partial charge on any atom is 0.258 e. The molecule has 36 heavy (non-hydrogen) atoms. The van der Waals surface area contributed by atoms with Gasteiger partial charge in [0.2, 0.25) is 0 Å². The van der Waals surface area contributed by atoms with Crippen molar-refractivity contribution in [1.29, 1.82) is 0 Å². The molecule has 0 radical (unpaired) electrons. The molecule has 1 aliphatic heterocycles. The van der Waals surface area contributed by atoms with Gasteiger partial charge >= 0.3 is 0 Å². The van der Waals surface area contributed by atoms with Crippen LogP contribution in [0.5, 0.6) is 5.88 Å². The predicted molar refractivity (Wildman–Crippen MR) is 135 cm³/mol. The summed E-state index contributed by atoms with van der Waals surface area (Å²) in [5.41, 5.74) is 9.36. The standard InChI is InChI=1S/C26H26ClF2N5O2/c1-14-10-34(11-15(2)36-14)12-17-8-31-22-6-3-16(7-18(17)22)23-9-32-25(30)26(33-23)35-13-19-20(28)4-5-21(29)24(19)27/h3-9,14-15,31H,10-13H2,1-2H3,(H2,30,32)/t14-,15+. The largest absolute Gasteiger partial charge is 0.470 e. The summed E-state index contributed by atoms with van der Waals surface area (Å²) in [6.07, 6.45) is 3.96. The van der Waals surface area contributed by atoms with Gasteiger partial charge in [-0.3, -0.25) is 4.90 Å². The average Bonchev–Trinajstić information content (AvgIpc) is 3.24. The highest BCUT2D eigenvalue weighted by molar-refractivity contribution is 6.31. The summed E-state index contributed by atoms with van der Waals surface area (Å²) in [4.78, 5) is 14.4. The van der Waals surface area contributed by atoms with E-state index in [2.05, 4.69) is 33.7 Å². The third-order valence-electron chi connectivity index (χ3n) is 6.21. The first-order chi connectivity index (χ1) is 17.3. The van der Waals surface area contributed by atoms with Crippen LogP contribution in [0.1, 0.15) is 25.0 Å². The number of morpholine rings is 1. The molecule has 5 rings (SSSR count). The van der Waals surface area contributed by atoms with Gasteiger partial charge in [0.1, 0.15) is 18.2 Å². The van der Waals surface area contributed by atoms with E-state index in [0.717, 1.165) is 48.2 Å². The van der Waals surface area contributed by atoms with E-state index in [4.69, 9.17) is 26.8 Å². The van der Waals surface area contributed by atoms with Crippen molar-refractivity contribution >= 4 is 28.3 Å². The topological polar surface area (TPSA) is 89.3 Å². The van der Waals surface area contributed by atoms with E-state index in [1.807, 2.05) is 24.4 Å². The van der Waals surface area contributed by atoms with Gasteiger partial charge in [-0.1, -0.05) is 17.7 Å². The first kappa shape index (κ1) is 24.4. The highest BCUT2D eigenvalue weighted by atomic mass is 35.5. The zero-order valence-electron chi connectivity index (χ0n) is 19.9. The fourth-order valence-corrected chi connectivity index (χ4v) is 4.80. The van der Waals surface area contributed by atoms with Crippen LogP contribution < -0.4 is 10.5 Å². The molecule has 10 heteroatoms. The maximum atomic E-state index is 14.1. The number of hydrogen-bond donors (Lipinski definition) is 2. The van der Waals surface area contributed by atoms with Crippen molar-refractivity contribution in [2.45, 2.75) is 39.2 Å². The zero-order valence-corrected chi connectivity index (χ0v) is 20.6. The van der Waals surface area contributed by atoms with Crippen molar-refractivity contribution in [1.82, 2.24) is 19.9 Å². The first-order valence-corrected chi connectivity index (χ1v) is 12.0. The van der Waals surface area contributed by atoms with E-state index in [0.29, 0.717) is 5.69 Å². The van der Waals surface area contributed by atoms with Gasteiger partial charge in [0.25, 0.3) is 5.88 Å². The molecule has 3 N–H and O–H groups in total. The second-order valence-corrected chi connectivity index (χ2v) is 9.46. The average molecular weight is 514 g/mol. The maximum absolute atomic E-state index is 14.1. The van der Waals surface area contributed by atoms with Gasteiger partial charge in [-0.2, -0.15) is 0 Å². The summed E-state index contributed by atoms with van der Waals surface area (Å²) in [6, 6.07) is 7.91. The number of nitrogen functional groups attached to an aromatic ring is 1. The number of nitrogens with two attached hydrogens (primary N) is 1. The molecule has 0 amide bonds. The Morgan fingerprint density at radius 1 is 1.17 bits per heavy atom. The Hall–Kier alpha value is -3.27. The molecule has 3 heterocycles. The number of H-pyrrole nitrogens is 1. The van der Waals surface area contributed by atoms with Crippen molar-refractivity contribution in [2.75, 3.05) is 18.8 Å². The number of hydrogen-bond acceptors (Lipinski definition) is 6. The van der Waals surface area contributed by atoms with Crippen LogP contribution in [-0.2, 0) is 17.9 Å². The van der Waals surface area contributed by atoms with E-state index in [-0.39, 0.29) is 41.1 Å². The normalized spacial score (nSPS) is 18.6. The molecule has 0 saturated carbocycles. The SMILES string of the molecule is C[C@@H]1CN(Cc2c[nH]c3ccc(-c4cnc(N)c(OCc5c(F)ccc(F)c5Cl)n4)cc23)C[C@H](C)O1. The monoisotopic (exact) mass is 513 g/mol. The molecule has 4 aromatic rings. The third kappa shape index (κ3) is 5.00. The molecule has 1 aliphatic rings. The van der Waals surface area contributed by atoms with Gasteiger partial charge in [-0.15, -0.1) is 0 Å². The molecule has 0 bridgehead atoms. The number of nitrogens with one attached hydrogen (secondary N) is 1. The van der Waals surface area contributed by atoms with Gasteiger partial charge in [0.05, 0.1) is 29.1 Å². The Balaban J connectivity index is 1.40. The quantitative estimate of drug-likeness (QED) is 0.339. The Kier molecular flexibility index (Phi) is 6.79. The number of aromatic nitrogens is 3. The van der Waals surface area contributed by atoms with Crippen LogP contribution in [-0.4, -0.2) is 45.1 Å². The third-order valence-corrected chi connectivity index (χ3v) is 6.62. The molecule has 2 aromatic heterocycles. The summed E-state index contributed by atoms with van der Waals surface area (Å²) in [5.74, 6) is -1.37. The van der Waals surface area contributed by atoms with Gasteiger partial charge in [-0.25, -0.2) is 18.7 Å². The minimum Gasteiger partial charge on any atom is -0.470 e. The van der Waals surface area contributed by atoms with Crippen LogP contribution in [0.3, 0.4) is 0 Å². The lowest BCUT2D eigenvalue weighted by Crippen LogP contribution is -2.44. The fraction of sp³-hybridized carbons (Fsp3) is 0.308. The highest BCUT2D eigenvalue weighted by Crippen LogP contribution is 2.30.